The summed E-state index contributed by atoms with van der Waals surface area (Å²) in [6, 6.07) is 11.5. The molecule has 164 valence electrons. The van der Waals surface area contributed by atoms with Crippen molar-refractivity contribution in [1.29, 1.82) is 0 Å². The summed E-state index contributed by atoms with van der Waals surface area (Å²) < 4.78 is 0. The lowest BCUT2D eigenvalue weighted by Gasteiger charge is -2.22. The van der Waals surface area contributed by atoms with E-state index in [1.807, 2.05) is 36.4 Å². The summed E-state index contributed by atoms with van der Waals surface area (Å²) in [6.07, 6.45) is 8.77. The number of carbonyl (C=O) groups is 1. The van der Waals surface area contributed by atoms with Gasteiger partial charge in [0, 0.05) is 21.2 Å². The summed E-state index contributed by atoms with van der Waals surface area (Å²) >= 11 is 12.7. The first kappa shape index (κ1) is 25.0. The predicted molar refractivity (Wildman–Crippen MR) is 131 cm³/mol. The maximum atomic E-state index is 13.8. The molecule has 0 radical (unpaired) electrons. The molecule has 3 heteroatoms. The van der Waals surface area contributed by atoms with Crippen molar-refractivity contribution in [2.45, 2.75) is 90.9 Å². The maximum Gasteiger partial charge on any atom is 0.193 e. The third-order valence-corrected chi connectivity index (χ3v) is 6.66. The molecule has 0 heterocycles. The minimum absolute atomic E-state index is 0.0956. The average molecular weight is 447 g/mol. The first-order valence-corrected chi connectivity index (χ1v) is 12.4. The highest BCUT2D eigenvalue weighted by atomic mass is 35.5. The zero-order chi connectivity index (χ0) is 22.1. The van der Waals surface area contributed by atoms with E-state index in [2.05, 4.69) is 27.7 Å². The van der Waals surface area contributed by atoms with Crippen molar-refractivity contribution in [3.05, 3.63) is 68.7 Å². The Hall–Kier alpha value is -1.31. The minimum Gasteiger partial charge on any atom is -0.289 e. The van der Waals surface area contributed by atoms with Crippen LogP contribution in [0.4, 0.5) is 0 Å². The van der Waals surface area contributed by atoms with Gasteiger partial charge in [0.1, 0.15) is 0 Å². The summed E-state index contributed by atoms with van der Waals surface area (Å²) in [5.74, 6) is 0.791. The van der Waals surface area contributed by atoms with Crippen molar-refractivity contribution >= 4 is 29.0 Å². The molecule has 2 aromatic carbocycles. The van der Waals surface area contributed by atoms with E-state index < -0.39 is 0 Å². The van der Waals surface area contributed by atoms with Crippen LogP contribution in [0, 0.1) is 0 Å². The molecule has 0 spiro atoms. The van der Waals surface area contributed by atoms with Crippen LogP contribution in [-0.4, -0.2) is 5.78 Å². The molecule has 2 rings (SSSR count). The number of unbranched alkanes of at least 4 members (excludes halogenated alkanes) is 2. The smallest absolute Gasteiger partial charge is 0.193 e. The second kappa shape index (κ2) is 12.5. The fourth-order valence-electron chi connectivity index (χ4n) is 4.36. The van der Waals surface area contributed by atoms with Gasteiger partial charge in [-0.3, -0.25) is 4.79 Å². The molecular formula is C27H36Cl2O. The van der Waals surface area contributed by atoms with Gasteiger partial charge in [0.15, 0.2) is 5.78 Å². The van der Waals surface area contributed by atoms with Gasteiger partial charge in [-0.25, -0.2) is 0 Å². The summed E-state index contributed by atoms with van der Waals surface area (Å²) in [6.45, 7) is 8.80. The summed E-state index contributed by atoms with van der Waals surface area (Å²) in [5.41, 5.74) is 3.75. The molecule has 0 aromatic heterocycles. The molecule has 1 nitrogen and oxygen atoms in total. The second-order valence-corrected chi connectivity index (χ2v) is 9.16. The Morgan fingerprint density at radius 3 is 1.47 bits per heavy atom. The van der Waals surface area contributed by atoms with Gasteiger partial charge in [0.25, 0.3) is 0 Å². The number of halogens is 2. The Balaban J connectivity index is 2.53. The lowest BCUT2D eigenvalue weighted by atomic mass is 9.82. The molecule has 2 unspecified atom stereocenters. The third-order valence-electron chi connectivity index (χ3n) is 6.19. The van der Waals surface area contributed by atoms with Crippen LogP contribution in [0.5, 0.6) is 0 Å². The Morgan fingerprint density at radius 1 is 0.733 bits per heavy atom. The lowest BCUT2D eigenvalue weighted by molar-refractivity contribution is 0.103. The van der Waals surface area contributed by atoms with Gasteiger partial charge >= 0.3 is 0 Å². The quantitative estimate of drug-likeness (QED) is 0.296. The average Bonchev–Trinajstić information content (AvgIpc) is 2.74. The van der Waals surface area contributed by atoms with Crippen molar-refractivity contribution in [1.82, 2.24) is 0 Å². The van der Waals surface area contributed by atoms with E-state index in [1.54, 1.807) is 0 Å². The second-order valence-electron chi connectivity index (χ2n) is 8.29. The summed E-state index contributed by atoms with van der Waals surface area (Å²) in [7, 11) is 0. The maximum absolute atomic E-state index is 13.8. The van der Waals surface area contributed by atoms with Crippen LogP contribution < -0.4 is 0 Å². The van der Waals surface area contributed by atoms with Crippen LogP contribution in [0.15, 0.2) is 36.4 Å². The molecule has 0 saturated heterocycles. The normalized spacial score (nSPS) is 13.3. The highest BCUT2D eigenvalue weighted by molar-refractivity contribution is 6.31. The van der Waals surface area contributed by atoms with Crippen molar-refractivity contribution in [2.75, 3.05) is 0 Å². The van der Waals surface area contributed by atoms with Gasteiger partial charge in [-0.2, -0.15) is 0 Å². The highest BCUT2D eigenvalue weighted by Crippen LogP contribution is 2.35. The Kier molecular flexibility index (Phi) is 10.4. The Labute approximate surface area is 193 Å². The van der Waals surface area contributed by atoms with E-state index in [-0.39, 0.29) is 5.78 Å². The summed E-state index contributed by atoms with van der Waals surface area (Å²) in [4.78, 5) is 13.8. The van der Waals surface area contributed by atoms with Crippen molar-refractivity contribution in [3.8, 4) is 0 Å². The van der Waals surface area contributed by atoms with Crippen molar-refractivity contribution in [2.24, 2.45) is 0 Å². The number of hydrogen-bond donors (Lipinski definition) is 0. The lowest BCUT2D eigenvalue weighted by Crippen LogP contribution is -2.13. The van der Waals surface area contributed by atoms with Crippen LogP contribution in [0.2, 0.25) is 10.0 Å². The predicted octanol–water partition coefficient (Wildman–Crippen LogP) is 9.59. The SMILES string of the molecule is CCCCC(CC)c1cc(Cl)ccc1C(=O)c1ccc(Cl)cc1C(CC)CCCC. The molecule has 2 atom stereocenters. The van der Waals surface area contributed by atoms with E-state index >= 15 is 0 Å². The zero-order valence-electron chi connectivity index (χ0n) is 18.9. The Bertz CT molecular complexity index is 760. The van der Waals surface area contributed by atoms with Gasteiger partial charge in [-0.1, -0.05) is 76.6 Å². The number of carbonyl (C=O) groups excluding carboxylic acids is 1. The standard InChI is InChI=1S/C27H36Cl2O/c1-5-9-11-19(7-3)25-17-21(28)13-15-23(25)27(30)24-16-14-22(29)18-26(24)20(8-4)12-10-6-2/h13-20H,5-12H2,1-4H3. The zero-order valence-corrected chi connectivity index (χ0v) is 20.5. The Morgan fingerprint density at radius 2 is 1.13 bits per heavy atom. The van der Waals surface area contributed by atoms with Crippen molar-refractivity contribution < 1.29 is 4.79 Å². The van der Waals surface area contributed by atoms with E-state index in [0.29, 0.717) is 21.9 Å². The largest absolute Gasteiger partial charge is 0.289 e. The van der Waals surface area contributed by atoms with Crippen molar-refractivity contribution in [3.63, 3.8) is 0 Å². The molecule has 30 heavy (non-hydrogen) atoms. The molecule has 0 fully saturated rings. The number of rotatable bonds is 12. The molecule has 0 aliphatic heterocycles. The number of ketones is 1. The molecule has 0 amide bonds. The third kappa shape index (κ3) is 6.34. The fourth-order valence-corrected chi connectivity index (χ4v) is 4.72. The topological polar surface area (TPSA) is 17.1 Å². The van der Waals surface area contributed by atoms with Gasteiger partial charge in [-0.05, 0) is 85.0 Å². The molecular weight excluding hydrogens is 411 g/mol. The fraction of sp³-hybridized carbons (Fsp3) is 0.519. The van der Waals surface area contributed by atoms with Crippen LogP contribution in [0.1, 0.15) is 118 Å². The first-order valence-electron chi connectivity index (χ1n) is 11.6. The summed E-state index contributed by atoms with van der Waals surface area (Å²) in [5, 5.41) is 1.39. The molecule has 2 aromatic rings. The number of benzene rings is 2. The van der Waals surface area contributed by atoms with E-state index in [9.17, 15) is 4.79 Å². The van der Waals surface area contributed by atoms with E-state index in [0.717, 1.165) is 73.6 Å². The first-order chi connectivity index (χ1) is 14.5. The molecule has 0 saturated carbocycles. The van der Waals surface area contributed by atoms with Gasteiger partial charge < -0.3 is 0 Å². The van der Waals surface area contributed by atoms with E-state index in [1.165, 1.54) is 0 Å². The van der Waals surface area contributed by atoms with Gasteiger partial charge in [0.2, 0.25) is 0 Å². The molecule has 0 aliphatic carbocycles. The van der Waals surface area contributed by atoms with Gasteiger partial charge in [-0.15, -0.1) is 0 Å². The minimum atomic E-state index is 0.0956. The van der Waals surface area contributed by atoms with E-state index in [4.69, 9.17) is 23.2 Å². The van der Waals surface area contributed by atoms with Crippen LogP contribution >= 0.6 is 23.2 Å². The molecule has 0 bridgehead atoms. The van der Waals surface area contributed by atoms with Crippen LogP contribution in [0.3, 0.4) is 0 Å². The van der Waals surface area contributed by atoms with Crippen LogP contribution in [0.25, 0.3) is 0 Å². The highest BCUT2D eigenvalue weighted by Gasteiger charge is 2.24. The monoisotopic (exact) mass is 446 g/mol. The molecule has 0 N–H and O–H groups in total. The molecule has 0 aliphatic rings. The number of hydrogen-bond acceptors (Lipinski definition) is 1. The van der Waals surface area contributed by atoms with Gasteiger partial charge in [0.05, 0.1) is 0 Å². The van der Waals surface area contributed by atoms with Crippen LogP contribution in [-0.2, 0) is 0 Å².